The summed E-state index contributed by atoms with van der Waals surface area (Å²) in [5.41, 5.74) is 0.161. The fraction of sp³-hybridized carbons (Fsp3) is 0. The van der Waals surface area contributed by atoms with E-state index in [0.29, 0.717) is 12.0 Å². The van der Waals surface area contributed by atoms with Crippen LogP contribution in [-0.4, -0.2) is 17.4 Å². The Hall–Kier alpha value is -2.10. The molecule has 0 aromatic heterocycles. The standard InChI is InChI=1S/C10H8O4/c1-7(6-11)14-9-4-2-8(3-5-9)10(12)13/h2-6H,1H2,(H,12,13). The summed E-state index contributed by atoms with van der Waals surface area (Å²) in [6.45, 7) is 3.32. The average Bonchev–Trinajstić information content (AvgIpc) is 2.18. The van der Waals surface area contributed by atoms with Crippen molar-refractivity contribution >= 4 is 12.3 Å². The monoisotopic (exact) mass is 192 g/mol. The molecular weight excluding hydrogens is 184 g/mol. The summed E-state index contributed by atoms with van der Waals surface area (Å²) in [5, 5.41) is 8.59. The molecule has 1 rings (SSSR count). The zero-order valence-corrected chi connectivity index (χ0v) is 7.27. The average molecular weight is 192 g/mol. The summed E-state index contributed by atoms with van der Waals surface area (Å²) in [5.74, 6) is -0.647. The van der Waals surface area contributed by atoms with Crippen LogP contribution in [-0.2, 0) is 4.79 Å². The molecule has 4 heteroatoms. The molecule has 14 heavy (non-hydrogen) atoms. The highest BCUT2D eigenvalue weighted by Crippen LogP contribution is 2.13. The first-order valence-electron chi connectivity index (χ1n) is 3.79. The molecule has 0 fully saturated rings. The van der Waals surface area contributed by atoms with Crippen molar-refractivity contribution in [2.24, 2.45) is 0 Å². The minimum Gasteiger partial charge on any atom is -0.478 e. The van der Waals surface area contributed by atoms with Gasteiger partial charge in [0.2, 0.25) is 0 Å². The zero-order valence-electron chi connectivity index (χ0n) is 7.27. The number of carbonyl (C=O) groups excluding carboxylic acids is 1. The van der Waals surface area contributed by atoms with Gasteiger partial charge in [-0.05, 0) is 24.3 Å². The fourth-order valence-corrected chi connectivity index (χ4v) is 0.841. The maximum atomic E-state index is 10.5. The van der Waals surface area contributed by atoms with E-state index in [9.17, 15) is 9.59 Å². The fourth-order valence-electron chi connectivity index (χ4n) is 0.841. The molecule has 72 valence electrons. The number of hydrogen-bond donors (Lipinski definition) is 1. The Morgan fingerprint density at radius 3 is 2.36 bits per heavy atom. The van der Waals surface area contributed by atoms with Crippen LogP contribution >= 0.6 is 0 Å². The molecule has 0 aliphatic rings. The third kappa shape index (κ3) is 2.45. The van der Waals surface area contributed by atoms with E-state index in [1.165, 1.54) is 24.3 Å². The lowest BCUT2D eigenvalue weighted by Crippen LogP contribution is -1.97. The molecule has 0 radical (unpaired) electrons. The van der Waals surface area contributed by atoms with Gasteiger partial charge in [0.05, 0.1) is 5.56 Å². The van der Waals surface area contributed by atoms with Gasteiger partial charge in [-0.1, -0.05) is 6.58 Å². The molecule has 0 bridgehead atoms. The number of benzene rings is 1. The molecular formula is C10H8O4. The van der Waals surface area contributed by atoms with Crippen molar-refractivity contribution in [2.75, 3.05) is 0 Å². The van der Waals surface area contributed by atoms with E-state index >= 15 is 0 Å². The minimum atomic E-state index is -1.01. The molecule has 4 nitrogen and oxygen atoms in total. The van der Waals surface area contributed by atoms with E-state index in [-0.39, 0.29) is 11.3 Å². The highest BCUT2D eigenvalue weighted by atomic mass is 16.5. The van der Waals surface area contributed by atoms with E-state index in [4.69, 9.17) is 9.84 Å². The Morgan fingerprint density at radius 2 is 1.93 bits per heavy atom. The first kappa shape index (κ1) is 9.98. The molecule has 0 aliphatic carbocycles. The topological polar surface area (TPSA) is 63.6 Å². The Bertz CT molecular complexity index is 364. The van der Waals surface area contributed by atoms with Crippen LogP contribution < -0.4 is 4.74 Å². The number of carboxylic acids is 1. The van der Waals surface area contributed by atoms with Crippen molar-refractivity contribution in [3.05, 3.63) is 42.2 Å². The number of allylic oxidation sites excluding steroid dienone is 1. The first-order chi connectivity index (χ1) is 6.63. The largest absolute Gasteiger partial charge is 0.478 e. The number of aldehydes is 1. The zero-order chi connectivity index (χ0) is 10.6. The lowest BCUT2D eigenvalue weighted by atomic mass is 10.2. The van der Waals surface area contributed by atoms with Crippen LogP contribution in [0.1, 0.15) is 10.4 Å². The Labute approximate surface area is 80.4 Å². The molecule has 0 unspecified atom stereocenters. The SMILES string of the molecule is C=C(C=O)Oc1ccc(C(=O)O)cc1. The molecule has 1 aromatic rings. The Balaban J connectivity index is 2.78. The van der Waals surface area contributed by atoms with Crippen LogP contribution in [0.25, 0.3) is 0 Å². The Morgan fingerprint density at radius 1 is 1.36 bits per heavy atom. The van der Waals surface area contributed by atoms with Gasteiger partial charge in [-0.25, -0.2) is 4.79 Å². The van der Waals surface area contributed by atoms with E-state index in [1.54, 1.807) is 0 Å². The van der Waals surface area contributed by atoms with Crippen LogP contribution in [0.3, 0.4) is 0 Å². The number of aromatic carboxylic acids is 1. The second-order valence-corrected chi connectivity index (χ2v) is 2.52. The lowest BCUT2D eigenvalue weighted by Gasteiger charge is -2.02. The van der Waals surface area contributed by atoms with Gasteiger partial charge < -0.3 is 9.84 Å². The van der Waals surface area contributed by atoms with Gasteiger partial charge in [0, 0.05) is 0 Å². The summed E-state index contributed by atoms with van der Waals surface area (Å²) in [7, 11) is 0. The smallest absolute Gasteiger partial charge is 0.335 e. The lowest BCUT2D eigenvalue weighted by molar-refractivity contribution is -0.106. The van der Waals surface area contributed by atoms with Crippen LogP contribution in [0.4, 0.5) is 0 Å². The van der Waals surface area contributed by atoms with E-state index < -0.39 is 5.97 Å². The van der Waals surface area contributed by atoms with Crippen molar-refractivity contribution in [1.29, 1.82) is 0 Å². The number of hydrogen-bond acceptors (Lipinski definition) is 3. The Kier molecular flexibility index (Phi) is 3.01. The highest BCUT2D eigenvalue weighted by molar-refractivity contribution is 5.87. The van der Waals surface area contributed by atoms with Crippen LogP contribution in [0.15, 0.2) is 36.6 Å². The second-order valence-electron chi connectivity index (χ2n) is 2.52. The van der Waals surface area contributed by atoms with Crippen LogP contribution in [0.2, 0.25) is 0 Å². The summed E-state index contributed by atoms with van der Waals surface area (Å²) in [6.07, 6.45) is 0.477. The minimum absolute atomic E-state index is 0.0203. The van der Waals surface area contributed by atoms with Gasteiger partial charge in [-0.3, -0.25) is 4.79 Å². The summed E-state index contributed by atoms with van der Waals surface area (Å²) < 4.78 is 4.94. The molecule has 0 atom stereocenters. The highest BCUT2D eigenvalue weighted by Gasteiger charge is 2.02. The molecule has 0 spiro atoms. The summed E-state index contributed by atoms with van der Waals surface area (Å²) in [4.78, 5) is 20.6. The van der Waals surface area contributed by atoms with Crippen molar-refractivity contribution in [3.8, 4) is 5.75 Å². The first-order valence-corrected chi connectivity index (χ1v) is 3.79. The van der Waals surface area contributed by atoms with Gasteiger partial charge >= 0.3 is 5.97 Å². The maximum absolute atomic E-state index is 10.5. The predicted molar refractivity (Wildman–Crippen MR) is 49.2 cm³/mol. The molecule has 0 amide bonds. The van der Waals surface area contributed by atoms with E-state index in [0.717, 1.165) is 0 Å². The van der Waals surface area contributed by atoms with Gasteiger partial charge in [-0.15, -0.1) is 0 Å². The van der Waals surface area contributed by atoms with Gasteiger partial charge in [0.1, 0.15) is 5.75 Å². The van der Waals surface area contributed by atoms with Crippen molar-refractivity contribution in [2.45, 2.75) is 0 Å². The van der Waals surface area contributed by atoms with E-state index in [1.807, 2.05) is 0 Å². The number of carboxylic acid groups (broad SMARTS) is 1. The molecule has 1 N–H and O–H groups in total. The second kappa shape index (κ2) is 4.23. The number of carbonyl (C=O) groups is 2. The predicted octanol–water partition coefficient (Wildman–Crippen LogP) is 1.48. The molecule has 0 heterocycles. The molecule has 0 aliphatic heterocycles. The third-order valence-corrected chi connectivity index (χ3v) is 1.48. The van der Waals surface area contributed by atoms with Crippen LogP contribution in [0.5, 0.6) is 5.75 Å². The van der Waals surface area contributed by atoms with Crippen LogP contribution in [0, 0.1) is 0 Å². The van der Waals surface area contributed by atoms with Crippen molar-refractivity contribution < 1.29 is 19.4 Å². The molecule has 0 saturated carbocycles. The third-order valence-electron chi connectivity index (χ3n) is 1.48. The number of ether oxygens (including phenoxy) is 1. The van der Waals surface area contributed by atoms with Crippen molar-refractivity contribution in [3.63, 3.8) is 0 Å². The normalized spacial score (nSPS) is 9.14. The van der Waals surface area contributed by atoms with E-state index in [2.05, 4.69) is 6.58 Å². The van der Waals surface area contributed by atoms with Gasteiger partial charge in [0.25, 0.3) is 0 Å². The quantitative estimate of drug-likeness (QED) is 0.445. The maximum Gasteiger partial charge on any atom is 0.335 e. The van der Waals surface area contributed by atoms with Gasteiger partial charge in [-0.2, -0.15) is 0 Å². The number of rotatable bonds is 4. The molecule has 1 aromatic carbocycles. The summed E-state index contributed by atoms with van der Waals surface area (Å²) in [6, 6.07) is 5.68. The van der Waals surface area contributed by atoms with Crippen molar-refractivity contribution in [1.82, 2.24) is 0 Å². The summed E-state index contributed by atoms with van der Waals surface area (Å²) >= 11 is 0. The van der Waals surface area contributed by atoms with Gasteiger partial charge in [0.15, 0.2) is 12.0 Å². The molecule has 0 saturated heterocycles.